The second-order valence-electron chi connectivity index (χ2n) is 0.894. The van der Waals surface area contributed by atoms with Gasteiger partial charge in [0.15, 0.2) is 0 Å². The molecule has 0 unspecified atom stereocenters. The van der Waals surface area contributed by atoms with Gasteiger partial charge in [0.1, 0.15) is 0 Å². The first-order chi connectivity index (χ1) is 4.00. The molecule has 0 aliphatic heterocycles. The van der Waals surface area contributed by atoms with Crippen molar-refractivity contribution >= 4 is 33.0 Å². The minimum atomic E-state index is -5.39. The summed E-state index contributed by atoms with van der Waals surface area (Å²) in [6.45, 7) is 0. The van der Waals surface area contributed by atoms with Crippen LogP contribution >= 0.6 is 15.6 Å². The Labute approximate surface area is 89.0 Å². The zero-order valence-corrected chi connectivity index (χ0v) is 9.36. The first kappa shape index (κ1) is 23.3. The molecule has 12 heteroatoms. The molecule has 0 aromatic rings. The smallest absolute Gasteiger partial charge is 0.822 e. The molecule has 0 rings (SSSR count). The molecule has 0 aromatic carbocycles. The van der Waals surface area contributed by atoms with Crippen LogP contribution in [0, 0.1) is 0 Å². The van der Waals surface area contributed by atoms with E-state index in [4.69, 9.17) is 38.5 Å². The summed E-state index contributed by atoms with van der Waals surface area (Å²) >= 11 is 0. The van der Waals surface area contributed by atoms with Crippen molar-refractivity contribution in [2.24, 2.45) is 0 Å². The molecule has 0 atom stereocenters. The van der Waals surface area contributed by atoms with E-state index >= 15 is 0 Å². The number of hydrogen-bond donors (Lipinski definition) is 0. The van der Waals surface area contributed by atoms with Gasteiger partial charge < -0.3 is 38.5 Å². The Morgan fingerprint density at radius 3 is 0.667 bits per heavy atom. The zero-order chi connectivity index (χ0) is 9.00. The largest absolute Gasteiger partial charge is 3.00 e. The minimum absolute atomic E-state index is 0. The summed E-state index contributed by atoms with van der Waals surface area (Å²) in [6, 6.07) is 0. The van der Waals surface area contributed by atoms with E-state index in [1.807, 2.05) is 0 Å². The number of rotatable bonds is 0. The topological polar surface area (TPSA) is 172 Å². The van der Waals surface area contributed by atoms with E-state index in [0.29, 0.717) is 0 Å². The molecule has 0 aliphatic rings. The molecule has 67 valence electrons. The first-order valence-electron chi connectivity index (χ1n) is 1.46. The van der Waals surface area contributed by atoms with Crippen molar-refractivity contribution in [3.63, 3.8) is 0 Å². The number of phosphoric acid groups is 2. The van der Waals surface area contributed by atoms with Crippen LogP contribution in [0.4, 0.5) is 0 Å². The van der Waals surface area contributed by atoms with E-state index in [1.54, 1.807) is 0 Å². The van der Waals surface area contributed by atoms with Gasteiger partial charge in [-0.1, -0.05) is 0 Å². The van der Waals surface area contributed by atoms with Gasteiger partial charge in [0.25, 0.3) is 0 Å². The molecule has 8 nitrogen and oxygen atoms in total. The van der Waals surface area contributed by atoms with Crippen molar-refractivity contribution < 1.29 is 55.9 Å². The second-order valence-corrected chi connectivity index (χ2v) is 2.68. The average molecular weight is 269 g/mol. The summed E-state index contributed by atoms with van der Waals surface area (Å²) < 4.78 is 17.1. The van der Waals surface area contributed by atoms with E-state index in [1.165, 1.54) is 0 Å². The molecule has 0 saturated carbocycles. The summed E-state index contributed by atoms with van der Waals surface area (Å²) in [5.74, 6) is 0. The van der Waals surface area contributed by atoms with E-state index < -0.39 is 15.6 Å². The van der Waals surface area contributed by atoms with Gasteiger partial charge in [-0.05, 0) is 0 Å². The summed E-state index contributed by atoms with van der Waals surface area (Å²) in [4.78, 5) is 51.3. The van der Waals surface area contributed by atoms with Gasteiger partial charge in [-0.2, -0.15) is 15.6 Å². The Hall–Kier alpha value is 1.28. The van der Waals surface area contributed by atoms with Crippen molar-refractivity contribution in [2.45, 2.75) is 0 Å². The molecule has 0 aromatic heterocycles. The summed E-state index contributed by atoms with van der Waals surface area (Å²) in [5.41, 5.74) is 0. The maximum absolute atomic E-state index is 8.55. The molecular formula is AlCrO8P2. The Bertz CT molecular complexity index is 129. The van der Waals surface area contributed by atoms with Crippen LogP contribution in [-0.4, -0.2) is 17.4 Å². The van der Waals surface area contributed by atoms with E-state index in [-0.39, 0.29) is 34.7 Å². The van der Waals surface area contributed by atoms with Gasteiger partial charge in [-0.25, -0.2) is 0 Å². The standard InChI is InChI=1S/Al.Cr.2H3O4P/c;;2*1-5(2,3)4/h;;2*(H3,1,2,3,4)/q2*+3;;/p-6. The molecule has 0 fully saturated rings. The van der Waals surface area contributed by atoms with Crippen LogP contribution in [0.15, 0.2) is 0 Å². The van der Waals surface area contributed by atoms with Gasteiger partial charge in [-0.3, -0.25) is 0 Å². The third kappa shape index (κ3) is 723. The van der Waals surface area contributed by atoms with Gasteiger partial charge in [-0.15, -0.1) is 0 Å². The fourth-order valence-corrected chi connectivity index (χ4v) is 0. The maximum Gasteiger partial charge on any atom is 3.00 e. The van der Waals surface area contributed by atoms with Gasteiger partial charge >= 0.3 is 34.7 Å². The fraction of sp³-hybridized carbons (Fsp3) is 0. The van der Waals surface area contributed by atoms with E-state index in [0.717, 1.165) is 0 Å². The normalized spacial score (nSPS) is 9.83. The third-order valence-corrected chi connectivity index (χ3v) is 0. The van der Waals surface area contributed by atoms with Gasteiger partial charge in [0.05, 0.1) is 0 Å². The molecule has 0 spiro atoms. The maximum atomic E-state index is 8.55. The Balaban J connectivity index is -0.0000000457. The van der Waals surface area contributed by atoms with E-state index in [2.05, 4.69) is 0 Å². The van der Waals surface area contributed by atoms with E-state index in [9.17, 15) is 0 Å². The zero-order valence-electron chi connectivity index (χ0n) is 5.15. The number of hydrogen-bond acceptors (Lipinski definition) is 8. The fourth-order valence-electron chi connectivity index (χ4n) is 0. The SMILES string of the molecule is O=P([O-])([O-])[O-].O=P([O-])([O-])[O-].[Al+3].[Cr+3]. The van der Waals surface area contributed by atoms with Crippen molar-refractivity contribution in [2.75, 3.05) is 0 Å². The average Bonchev–Trinajstić information content (AvgIpc) is 1.12. The Morgan fingerprint density at radius 2 is 0.667 bits per heavy atom. The Kier molecular flexibility index (Phi) is 17.2. The third-order valence-electron chi connectivity index (χ3n) is 0. The summed E-state index contributed by atoms with van der Waals surface area (Å²) in [5, 5.41) is 0. The van der Waals surface area contributed by atoms with Crippen molar-refractivity contribution in [3.05, 3.63) is 0 Å². The monoisotopic (exact) mass is 269 g/mol. The molecule has 0 amide bonds. The summed E-state index contributed by atoms with van der Waals surface area (Å²) in [6.07, 6.45) is 0. The predicted molar refractivity (Wildman–Crippen MR) is 21.0 cm³/mol. The predicted octanol–water partition coefficient (Wildman–Crippen LogP) is -6.03. The van der Waals surface area contributed by atoms with Crippen molar-refractivity contribution in [3.8, 4) is 0 Å². The summed E-state index contributed by atoms with van der Waals surface area (Å²) in [7, 11) is -10.8. The molecular weight excluding hydrogens is 269 g/mol. The molecule has 12 heavy (non-hydrogen) atoms. The van der Waals surface area contributed by atoms with Crippen LogP contribution in [0.1, 0.15) is 0 Å². The van der Waals surface area contributed by atoms with Gasteiger partial charge in [0.2, 0.25) is 0 Å². The molecule has 1 radical (unpaired) electrons. The minimum Gasteiger partial charge on any atom is -0.822 e. The van der Waals surface area contributed by atoms with Gasteiger partial charge in [0, 0.05) is 0 Å². The first-order valence-corrected chi connectivity index (χ1v) is 4.38. The second kappa shape index (κ2) is 8.86. The van der Waals surface area contributed by atoms with Crippen molar-refractivity contribution in [1.29, 1.82) is 0 Å². The molecule has 0 aliphatic carbocycles. The van der Waals surface area contributed by atoms with Crippen LogP contribution in [0.2, 0.25) is 0 Å². The van der Waals surface area contributed by atoms with Crippen LogP contribution in [-0.2, 0) is 26.5 Å². The molecule has 0 N–H and O–H groups in total. The van der Waals surface area contributed by atoms with Crippen LogP contribution in [0.25, 0.3) is 0 Å². The molecule has 0 heterocycles. The quantitative estimate of drug-likeness (QED) is 0.308. The van der Waals surface area contributed by atoms with Crippen LogP contribution in [0.3, 0.4) is 0 Å². The van der Waals surface area contributed by atoms with Crippen molar-refractivity contribution in [1.82, 2.24) is 0 Å². The molecule has 0 saturated heterocycles. The van der Waals surface area contributed by atoms with Crippen LogP contribution < -0.4 is 29.4 Å². The van der Waals surface area contributed by atoms with Crippen LogP contribution in [0.5, 0.6) is 0 Å². The Morgan fingerprint density at radius 1 is 0.667 bits per heavy atom. The molecule has 0 bridgehead atoms.